The minimum atomic E-state index is 0.833. The van der Waals surface area contributed by atoms with Gasteiger partial charge in [0.25, 0.3) is 0 Å². The second-order valence-electron chi connectivity index (χ2n) is 9.06. The van der Waals surface area contributed by atoms with Gasteiger partial charge in [0.1, 0.15) is 0 Å². The number of benzene rings is 2. The summed E-state index contributed by atoms with van der Waals surface area (Å²) in [5.41, 5.74) is 6.29. The van der Waals surface area contributed by atoms with Crippen molar-refractivity contribution in [3.63, 3.8) is 0 Å². The molecule has 0 aromatic heterocycles. The molecule has 0 amide bonds. The van der Waals surface area contributed by atoms with E-state index in [-0.39, 0.29) is 0 Å². The van der Waals surface area contributed by atoms with Crippen molar-refractivity contribution in [2.24, 2.45) is 11.8 Å². The topological polar surface area (TPSA) is 0 Å². The maximum absolute atomic E-state index is 2.26. The summed E-state index contributed by atoms with van der Waals surface area (Å²) in [7, 11) is 0. The number of hydrogen-bond donors (Lipinski definition) is 0. The Labute approximate surface area is 196 Å². The Kier molecular flexibility index (Phi) is 22.1. The maximum atomic E-state index is 2.26. The van der Waals surface area contributed by atoms with Crippen LogP contribution in [0.2, 0.25) is 0 Å². The van der Waals surface area contributed by atoms with Crippen molar-refractivity contribution in [2.45, 2.75) is 114 Å². The third-order valence-electron chi connectivity index (χ3n) is 4.27. The van der Waals surface area contributed by atoms with Gasteiger partial charge in [-0.05, 0) is 79.0 Å². The van der Waals surface area contributed by atoms with Crippen molar-refractivity contribution in [1.82, 2.24) is 0 Å². The number of aryl methyl sites for hydroxylation is 4. The van der Waals surface area contributed by atoms with Crippen LogP contribution in [0.15, 0.2) is 48.5 Å². The summed E-state index contributed by atoms with van der Waals surface area (Å²) in [4.78, 5) is 0. The monoisotopic (exact) mass is 426 g/mol. The summed E-state index contributed by atoms with van der Waals surface area (Å²) in [6.45, 7) is 21.0. The summed E-state index contributed by atoms with van der Waals surface area (Å²) >= 11 is 0. The molecule has 2 aromatic carbocycles. The average molecular weight is 427 g/mol. The van der Waals surface area contributed by atoms with Crippen LogP contribution in [0.3, 0.4) is 0 Å². The van der Waals surface area contributed by atoms with Crippen molar-refractivity contribution in [3.8, 4) is 0 Å². The summed E-state index contributed by atoms with van der Waals surface area (Å²) in [5, 5.41) is 0. The Balaban J connectivity index is 0. The summed E-state index contributed by atoms with van der Waals surface area (Å²) in [6, 6.07) is 17.5. The van der Waals surface area contributed by atoms with Gasteiger partial charge in [0.2, 0.25) is 0 Å². The van der Waals surface area contributed by atoms with Crippen LogP contribution in [0.25, 0.3) is 0 Å². The Morgan fingerprint density at radius 1 is 0.419 bits per heavy atom. The van der Waals surface area contributed by atoms with Crippen LogP contribution in [0.4, 0.5) is 0 Å². The molecule has 0 radical (unpaired) electrons. The third-order valence-corrected chi connectivity index (χ3v) is 4.27. The molecule has 0 saturated heterocycles. The van der Waals surface area contributed by atoms with Crippen LogP contribution in [-0.4, -0.2) is 0 Å². The molecule has 0 saturated carbocycles. The second kappa shape index (κ2) is 21.7. The third kappa shape index (κ3) is 17.8. The summed E-state index contributed by atoms with van der Waals surface area (Å²) < 4.78 is 0. The molecule has 31 heavy (non-hydrogen) atoms. The van der Waals surface area contributed by atoms with Crippen LogP contribution in [-0.2, 0) is 25.7 Å². The van der Waals surface area contributed by atoms with Gasteiger partial charge in [0.15, 0.2) is 0 Å². The van der Waals surface area contributed by atoms with Gasteiger partial charge in [-0.2, -0.15) is 0 Å². The van der Waals surface area contributed by atoms with Gasteiger partial charge in [-0.3, -0.25) is 0 Å². The Morgan fingerprint density at radius 3 is 0.839 bits per heavy atom. The summed E-state index contributed by atoms with van der Waals surface area (Å²) in [6.07, 6.45) is 9.34. The molecule has 0 N–H and O–H groups in total. The fourth-order valence-electron chi connectivity index (χ4n) is 3.19. The molecule has 0 nitrogen and oxygen atoms in total. The van der Waals surface area contributed by atoms with Crippen molar-refractivity contribution in [2.75, 3.05) is 0 Å². The predicted octanol–water partition coefficient (Wildman–Crippen LogP) is 10.1. The van der Waals surface area contributed by atoms with E-state index in [1.54, 1.807) is 22.3 Å². The van der Waals surface area contributed by atoms with E-state index in [0.717, 1.165) is 11.8 Å². The first-order chi connectivity index (χ1) is 14.9. The highest BCUT2D eigenvalue weighted by Gasteiger charge is 2.07. The molecular formula is C31H54. The lowest BCUT2D eigenvalue weighted by molar-refractivity contribution is 0.685. The lowest BCUT2D eigenvalue weighted by Gasteiger charge is -2.13. The fourth-order valence-corrected chi connectivity index (χ4v) is 3.19. The molecular weight excluding hydrogens is 372 g/mol. The first-order valence-corrected chi connectivity index (χ1v) is 13.0. The Bertz CT molecular complexity index is 562. The minimum Gasteiger partial charge on any atom is -0.0683 e. The zero-order chi connectivity index (χ0) is 24.1. The highest BCUT2D eigenvalue weighted by Crippen LogP contribution is 2.20. The van der Waals surface area contributed by atoms with Crippen LogP contribution in [0, 0.1) is 11.8 Å². The lowest BCUT2D eigenvalue weighted by atomic mass is 9.92. The van der Waals surface area contributed by atoms with Crippen molar-refractivity contribution >= 4 is 0 Å². The molecule has 0 atom stereocenters. The lowest BCUT2D eigenvalue weighted by Crippen LogP contribution is -2.00. The molecule has 2 aliphatic rings. The normalized spacial score (nSPS) is 12.5. The first kappa shape index (κ1) is 31.6. The molecule has 0 aliphatic heterocycles. The molecule has 0 heterocycles. The van der Waals surface area contributed by atoms with E-state index in [2.05, 4.69) is 90.1 Å². The van der Waals surface area contributed by atoms with Crippen LogP contribution in [0.5, 0.6) is 0 Å². The van der Waals surface area contributed by atoms with Crippen LogP contribution < -0.4 is 0 Å². The molecule has 0 unspecified atom stereocenters. The van der Waals surface area contributed by atoms with Gasteiger partial charge in [0.05, 0.1) is 0 Å². The van der Waals surface area contributed by atoms with Gasteiger partial charge in [-0.15, -0.1) is 0 Å². The second-order valence-corrected chi connectivity index (χ2v) is 9.06. The maximum Gasteiger partial charge on any atom is -0.0273 e. The van der Waals surface area contributed by atoms with Crippen LogP contribution >= 0.6 is 0 Å². The van der Waals surface area contributed by atoms with Gasteiger partial charge in [-0.1, -0.05) is 118 Å². The van der Waals surface area contributed by atoms with E-state index in [1.807, 2.05) is 27.7 Å². The van der Waals surface area contributed by atoms with E-state index < -0.39 is 0 Å². The number of hydrogen-bond acceptors (Lipinski definition) is 0. The molecule has 2 aliphatic carbocycles. The molecule has 0 fully saturated rings. The van der Waals surface area contributed by atoms with E-state index in [0.29, 0.717) is 0 Å². The molecule has 0 spiro atoms. The average Bonchev–Trinajstić information content (AvgIpc) is 3.25. The highest BCUT2D eigenvalue weighted by atomic mass is 14.1. The molecule has 0 heteroatoms. The molecule has 4 rings (SSSR count). The molecule has 178 valence electrons. The highest BCUT2D eigenvalue weighted by molar-refractivity contribution is 5.30. The quantitative estimate of drug-likeness (QED) is 0.393. The Morgan fingerprint density at radius 2 is 0.613 bits per heavy atom. The largest absolute Gasteiger partial charge is 0.0683 e. The van der Waals surface area contributed by atoms with E-state index in [9.17, 15) is 0 Å². The van der Waals surface area contributed by atoms with E-state index >= 15 is 0 Å². The number of rotatable bonds is 0. The zero-order valence-corrected chi connectivity index (χ0v) is 22.7. The predicted molar refractivity (Wildman–Crippen MR) is 145 cm³/mol. The van der Waals surface area contributed by atoms with Gasteiger partial charge in [-0.25, -0.2) is 0 Å². The molecule has 0 bridgehead atoms. The Hall–Kier alpha value is -1.56. The standard InChI is InChI=1S/C10H12.C9H10.2C4H10.2C2H6/c1-2-6-10-8-4-3-7-9(10)5-1;1-2-5-9-7-3-6-8(9)4-1;2*1-4(2)3;2*1-2/h1-2,5-6H,3-4,7-8H2;1-2,4-5H,3,6-7H2;2*4H,1-3H3;2*1-2H3. The smallest absolute Gasteiger partial charge is 0.0273 e. The van der Waals surface area contributed by atoms with Gasteiger partial charge >= 0.3 is 0 Å². The minimum absolute atomic E-state index is 0.833. The fraction of sp³-hybridized carbons (Fsp3) is 0.613. The van der Waals surface area contributed by atoms with Gasteiger partial charge < -0.3 is 0 Å². The van der Waals surface area contributed by atoms with Crippen LogP contribution in [0.1, 0.15) is 111 Å². The first-order valence-electron chi connectivity index (χ1n) is 13.0. The van der Waals surface area contributed by atoms with Crippen molar-refractivity contribution < 1.29 is 0 Å². The summed E-state index contributed by atoms with van der Waals surface area (Å²) in [5.74, 6) is 1.67. The van der Waals surface area contributed by atoms with Gasteiger partial charge in [0, 0.05) is 0 Å². The molecule has 2 aromatic rings. The SMILES string of the molecule is CC.CC.CC(C)C.CC(C)C.c1ccc2c(c1)CCC2.c1ccc2c(c1)CCCC2. The van der Waals surface area contributed by atoms with E-state index in [1.165, 1.54) is 44.9 Å². The van der Waals surface area contributed by atoms with Crippen molar-refractivity contribution in [3.05, 3.63) is 70.8 Å². The number of fused-ring (bicyclic) bond motifs is 2. The van der Waals surface area contributed by atoms with Crippen molar-refractivity contribution in [1.29, 1.82) is 0 Å². The zero-order valence-electron chi connectivity index (χ0n) is 22.7. The van der Waals surface area contributed by atoms with E-state index in [4.69, 9.17) is 0 Å².